The van der Waals surface area contributed by atoms with E-state index in [4.69, 9.17) is 0 Å². The highest BCUT2D eigenvalue weighted by Gasteiger charge is 2.43. The van der Waals surface area contributed by atoms with Crippen molar-refractivity contribution < 1.29 is 0 Å². The van der Waals surface area contributed by atoms with Crippen LogP contribution in [0.5, 0.6) is 0 Å². The van der Waals surface area contributed by atoms with Crippen LogP contribution in [-0.2, 0) is 0 Å². The first-order valence-electron chi connectivity index (χ1n) is 6.28. The Labute approximate surface area is 86.1 Å². The van der Waals surface area contributed by atoms with E-state index < -0.39 is 0 Å². The summed E-state index contributed by atoms with van der Waals surface area (Å²) in [5.41, 5.74) is 3.68. The summed E-state index contributed by atoms with van der Waals surface area (Å²) in [6.45, 7) is 0. The van der Waals surface area contributed by atoms with Gasteiger partial charge in [0, 0.05) is 0 Å². The maximum Gasteiger partial charge on any atom is -0.0135 e. The van der Waals surface area contributed by atoms with E-state index in [0.717, 1.165) is 23.7 Å². The summed E-state index contributed by atoms with van der Waals surface area (Å²) in [6.07, 6.45) is 13.9. The molecule has 4 unspecified atom stereocenters. The Morgan fingerprint density at radius 3 is 1.57 bits per heavy atom. The molecule has 0 aromatic carbocycles. The van der Waals surface area contributed by atoms with Crippen LogP contribution in [0.1, 0.15) is 38.5 Å². The summed E-state index contributed by atoms with van der Waals surface area (Å²) < 4.78 is 0. The van der Waals surface area contributed by atoms with E-state index in [1.165, 1.54) is 38.5 Å². The monoisotopic (exact) mass is 186 g/mol. The molecule has 4 atom stereocenters. The molecule has 0 N–H and O–H groups in total. The lowest BCUT2D eigenvalue weighted by Gasteiger charge is -2.26. The Morgan fingerprint density at radius 2 is 1.29 bits per heavy atom. The highest BCUT2D eigenvalue weighted by atomic mass is 14.5. The Kier molecular flexibility index (Phi) is 1.40. The molecule has 2 fully saturated rings. The van der Waals surface area contributed by atoms with Crippen molar-refractivity contribution in [3.05, 3.63) is 23.3 Å². The van der Waals surface area contributed by atoms with Gasteiger partial charge in [-0.1, -0.05) is 23.3 Å². The van der Waals surface area contributed by atoms with Crippen LogP contribution in [0.4, 0.5) is 0 Å². The molecule has 4 aliphatic carbocycles. The van der Waals surface area contributed by atoms with E-state index in [1.54, 1.807) is 0 Å². The number of allylic oxidation sites excluding steroid dienone is 4. The van der Waals surface area contributed by atoms with Gasteiger partial charge in [0.1, 0.15) is 0 Å². The summed E-state index contributed by atoms with van der Waals surface area (Å²) in [6, 6.07) is 0. The van der Waals surface area contributed by atoms with Gasteiger partial charge in [-0.25, -0.2) is 0 Å². The first kappa shape index (κ1) is 7.73. The normalized spacial score (nSPS) is 48.6. The molecule has 0 saturated heterocycles. The van der Waals surface area contributed by atoms with Crippen molar-refractivity contribution in [3.63, 3.8) is 0 Å². The van der Waals surface area contributed by atoms with Crippen molar-refractivity contribution in [2.24, 2.45) is 23.7 Å². The van der Waals surface area contributed by atoms with Crippen LogP contribution in [0.25, 0.3) is 0 Å². The third-order valence-corrected chi connectivity index (χ3v) is 5.09. The Morgan fingerprint density at radius 1 is 0.786 bits per heavy atom. The summed E-state index contributed by atoms with van der Waals surface area (Å²) in [5, 5.41) is 0. The van der Waals surface area contributed by atoms with E-state index in [1.807, 2.05) is 11.1 Å². The fourth-order valence-electron chi connectivity index (χ4n) is 4.47. The van der Waals surface area contributed by atoms with Gasteiger partial charge in [-0.2, -0.15) is 0 Å². The van der Waals surface area contributed by atoms with E-state index in [-0.39, 0.29) is 0 Å². The molecule has 0 amide bonds. The molecule has 0 aliphatic heterocycles. The molecule has 4 rings (SSSR count). The Bertz CT molecular complexity index is 300. The quantitative estimate of drug-likeness (QED) is 0.548. The number of hydrogen-bond acceptors (Lipinski definition) is 0. The van der Waals surface area contributed by atoms with Gasteiger partial charge in [-0.3, -0.25) is 0 Å². The standard InChI is InChI=1S/C14H18/c1-3-11-5-9(1)7-13(11)14-8-10-2-4-12(14)6-10/h3-4,9-10,13-14H,1-2,5-8H2. The predicted molar refractivity (Wildman–Crippen MR) is 57.8 cm³/mol. The van der Waals surface area contributed by atoms with Crippen LogP contribution in [0.15, 0.2) is 23.3 Å². The highest BCUT2D eigenvalue weighted by Crippen LogP contribution is 2.55. The summed E-state index contributed by atoms with van der Waals surface area (Å²) in [7, 11) is 0. The molecule has 0 heteroatoms. The van der Waals surface area contributed by atoms with E-state index >= 15 is 0 Å². The molecule has 4 aliphatic rings. The number of rotatable bonds is 1. The lowest BCUT2D eigenvalue weighted by molar-refractivity contribution is 0.365. The largest absolute Gasteiger partial charge is 0.0847 e. The van der Waals surface area contributed by atoms with Crippen molar-refractivity contribution in [1.29, 1.82) is 0 Å². The summed E-state index contributed by atoms with van der Waals surface area (Å²) in [5.74, 6) is 4.08. The maximum atomic E-state index is 2.56. The van der Waals surface area contributed by atoms with E-state index in [9.17, 15) is 0 Å². The van der Waals surface area contributed by atoms with Gasteiger partial charge in [0.25, 0.3) is 0 Å². The first-order valence-corrected chi connectivity index (χ1v) is 6.28. The Hall–Kier alpha value is -0.520. The predicted octanol–water partition coefficient (Wildman–Crippen LogP) is 3.70. The van der Waals surface area contributed by atoms with Crippen molar-refractivity contribution in [2.75, 3.05) is 0 Å². The molecule has 0 spiro atoms. The zero-order chi connectivity index (χ0) is 9.12. The average Bonchev–Trinajstić information content (AvgIpc) is 2.96. The number of fused-ring (bicyclic) bond motifs is 4. The molecule has 14 heavy (non-hydrogen) atoms. The topological polar surface area (TPSA) is 0 Å². The van der Waals surface area contributed by atoms with Gasteiger partial charge in [0.2, 0.25) is 0 Å². The molecule has 0 aromatic heterocycles. The molecule has 0 nitrogen and oxygen atoms in total. The number of hydrogen-bond donors (Lipinski definition) is 0. The van der Waals surface area contributed by atoms with Gasteiger partial charge in [0.05, 0.1) is 0 Å². The lowest BCUT2D eigenvalue weighted by Crippen LogP contribution is -2.16. The SMILES string of the molecule is C1=C2CC(C1)CC2C1CC2CC=C1C2. The van der Waals surface area contributed by atoms with Gasteiger partial charge >= 0.3 is 0 Å². The van der Waals surface area contributed by atoms with Gasteiger partial charge in [-0.15, -0.1) is 0 Å². The molecule has 2 saturated carbocycles. The summed E-state index contributed by atoms with van der Waals surface area (Å²) in [4.78, 5) is 0. The minimum absolute atomic E-state index is 0.991. The molecule has 0 aromatic rings. The molecule has 74 valence electrons. The molecule has 0 radical (unpaired) electrons. The van der Waals surface area contributed by atoms with Crippen LogP contribution in [0.3, 0.4) is 0 Å². The van der Waals surface area contributed by atoms with Gasteiger partial charge in [0.15, 0.2) is 0 Å². The van der Waals surface area contributed by atoms with Crippen LogP contribution >= 0.6 is 0 Å². The van der Waals surface area contributed by atoms with Crippen LogP contribution in [0.2, 0.25) is 0 Å². The van der Waals surface area contributed by atoms with Crippen molar-refractivity contribution in [3.8, 4) is 0 Å². The minimum Gasteiger partial charge on any atom is -0.0847 e. The van der Waals surface area contributed by atoms with Crippen LogP contribution < -0.4 is 0 Å². The highest BCUT2D eigenvalue weighted by molar-refractivity contribution is 5.29. The maximum absolute atomic E-state index is 2.56. The smallest absolute Gasteiger partial charge is 0.0135 e. The van der Waals surface area contributed by atoms with E-state index in [2.05, 4.69) is 12.2 Å². The third-order valence-electron chi connectivity index (χ3n) is 5.09. The molecular weight excluding hydrogens is 168 g/mol. The third kappa shape index (κ3) is 0.898. The van der Waals surface area contributed by atoms with Crippen molar-refractivity contribution in [1.82, 2.24) is 0 Å². The fourth-order valence-corrected chi connectivity index (χ4v) is 4.47. The second kappa shape index (κ2) is 2.53. The average molecular weight is 186 g/mol. The fraction of sp³-hybridized carbons (Fsp3) is 0.714. The molecule has 4 bridgehead atoms. The minimum atomic E-state index is 0.991. The zero-order valence-corrected chi connectivity index (χ0v) is 8.71. The van der Waals surface area contributed by atoms with Gasteiger partial charge < -0.3 is 0 Å². The van der Waals surface area contributed by atoms with E-state index in [0.29, 0.717) is 0 Å². The Balaban J connectivity index is 1.65. The second-order valence-corrected chi connectivity index (χ2v) is 5.85. The second-order valence-electron chi connectivity index (χ2n) is 5.85. The first-order chi connectivity index (χ1) is 6.90. The van der Waals surface area contributed by atoms with Crippen LogP contribution in [0, 0.1) is 23.7 Å². The van der Waals surface area contributed by atoms with Crippen molar-refractivity contribution in [2.45, 2.75) is 38.5 Å². The summed E-state index contributed by atoms with van der Waals surface area (Å²) >= 11 is 0. The van der Waals surface area contributed by atoms with Crippen LogP contribution in [-0.4, -0.2) is 0 Å². The van der Waals surface area contributed by atoms with Crippen molar-refractivity contribution >= 4 is 0 Å². The lowest BCUT2D eigenvalue weighted by atomic mass is 9.79. The zero-order valence-electron chi connectivity index (χ0n) is 8.71. The molecule has 0 heterocycles. The molecular formula is C14H18. The van der Waals surface area contributed by atoms with Gasteiger partial charge in [-0.05, 0) is 62.2 Å².